The summed E-state index contributed by atoms with van der Waals surface area (Å²) in [6.45, 7) is 11.5. The molecule has 7 nitrogen and oxygen atoms in total. The number of fused-ring (bicyclic) bond motifs is 1. The lowest BCUT2D eigenvalue weighted by Gasteiger charge is -2.31. The van der Waals surface area contributed by atoms with Crippen molar-refractivity contribution in [2.45, 2.75) is 58.4 Å². The van der Waals surface area contributed by atoms with Gasteiger partial charge >= 0.3 is 0 Å². The summed E-state index contributed by atoms with van der Waals surface area (Å²) in [7, 11) is 0. The van der Waals surface area contributed by atoms with Crippen LogP contribution in [0, 0.1) is 6.92 Å². The highest BCUT2D eigenvalue weighted by Gasteiger charge is 2.26. The number of piperidine rings is 1. The summed E-state index contributed by atoms with van der Waals surface area (Å²) < 4.78 is 1.95. The van der Waals surface area contributed by atoms with Crippen LogP contribution >= 0.6 is 0 Å². The second-order valence-electron chi connectivity index (χ2n) is 8.44. The Kier molecular flexibility index (Phi) is 4.63. The van der Waals surface area contributed by atoms with Crippen molar-refractivity contribution >= 4 is 5.65 Å². The van der Waals surface area contributed by atoms with Gasteiger partial charge in [-0.25, -0.2) is 0 Å². The Morgan fingerprint density at radius 3 is 2.48 bits per heavy atom. The molecule has 1 aliphatic rings. The summed E-state index contributed by atoms with van der Waals surface area (Å²) in [5.74, 6) is 1.38. The Balaban J connectivity index is 1.49. The standard InChI is InChI=1S/C20H27N7/c1-14-16(22-10-9-21-14)13-26-11-7-15(8-12-26)19-24-23-18-6-5-17(20(2,3)4)25-27(18)19/h5-6,9-10,15H,7-8,11-13H2,1-4H3. The summed E-state index contributed by atoms with van der Waals surface area (Å²) in [6, 6.07) is 4.08. The van der Waals surface area contributed by atoms with Crippen LogP contribution in [-0.4, -0.2) is 47.8 Å². The molecule has 7 heteroatoms. The van der Waals surface area contributed by atoms with Crippen LogP contribution in [0.2, 0.25) is 0 Å². The van der Waals surface area contributed by atoms with E-state index < -0.39 is 0 Å². The molecule has 1 fully saturated rings. The molecule has 4 heterocycles. The van der Waals surface area contributed by atoms with Crippen LogP contribution in [-0.2, 0) is 12.0 Å². The molecule has 0 saturated carbocycles. The van der Waals surface area contributed by atoms with E-state index in [1.165, 1.54) is 0 Å². The highest BCUT2D eigenvalue weighted by Crippen LogP contribution is 2.28. The predicted molar refractivity (Wildman–Crippen MR) is 104 cm³/mol. The highest BCUT2D eigenvalue weighted by molar-refractivity contribution is 5.37. The van der Waals surface area contributed by atoms with E-state index in [9.17, 15) is 0 Å². The molecule has 0 amide bonds. The molecule has 4 rings (SSSR count). The monoisotopic (exact) mass is 365 g/mol. The molecule has 0 bridgehead atoms. The van der Waals surface area contributed by atoms with Gasteiger partial charge in [-0.1, -0.05) is 20.8 Å². The smallest absolute Gasteiger partial charge is 0.177 e. The first-order valence-corrected chi connectivity index (χ1v) is 9.63. The van der Waals surface area contributed by atoms with Gasteiger partial charge in [0.2, 0.25) is 0 Å². The molecule has 1 aliphatic heterocycles. The number of hydrogen-bond donors (Lipinski definition) is 0. The summed E-state index contributed by atoms with van der Waals surface area (Å²) in [5.41, 5.74) is 3.98. The molecule has 1 saturated heterocycles. The fraction of sp³-hybridized carbons (Fsp3) is 0.550. The van der Waals surface area contributed by atoms with Gasteiger partial charge in [-0.2, -0.15) is 9.61 Å². The van der Waals surface area contributed by atoms with E-state index in [2.05, 4.69) is 51.9 Å². The van der Waals surface area contributed by atoms with Crippen molar-refractivity contribution in [3.63, 3.8) is 0 Å². The zero-order valence-corrected chi connectivity index (χ0v) is 16.6. The quantitative estimate of drug-likeness (QED) is 0.711. The molecule has 27 heavy (non-hydrogen) atoms. The molecule has 0 aliphatic carbocycles. The van der Waals surface area contributed by atoms with Crippen molar-refractivity contribution in [2.75, 3.05) is 13.1 Å². The predicted octanol–water partition coefficient (Wildman–Crippen LogP) is 2.90. The second-order valence-corrected chi connectivity index (χ2v) is 8.44. The summed E-state index contributed by atoms with van der Waals surface area (Å²) in [5, 5.41) is 13.6. The van der Waals surface area contributed by atoms with Crippen molar-refractivity contribution in [2.24, 2.45) is 0 Å². The first kappa shape index (κ1) is 18.0. The average molecular weight is 365 g/mol. The van der Waals surface area contributed by atoms with E-state index in [1.807, 2.05) is 17.5 Å². The van der Waals surface area contributed by atoms with Gasteiger partial charge in [-0.05, 0) is 45.0 Å². The van der Waals surface area contributed by atoms with Gasteiger partial charge in [0.1, 0.15) is 0 Å². The lowest BCUT2D eigenvalue weighted by molar-refractivity contribution is 0.198. The minimum atomic E-state index is 0.00761. The average Bonchev–Trinajstić information content (AvgIpc) is 3.07. The minimum Gasteiger partial charge on any atom is -0.297 e. The molecule has 3 aromatic heterocycles. The zero-order chi connectivity index (χ0) is 19.0. The van der Waals surface area contributed by atoms with Gasteiger partial charge in [0, 0.05) is 30.3 Å². The van der Waals surface area contributed by atoms with E-state index in [4.69, 9.17) is 5.10 Å². The maximum absolute atomic E-state index is 4.84. The van der Waals surface area contributed by atoms with Gasteiger partial charge in [-0.3, -0.25) is 14.9 Å². The fourth-order valence-electron chi connectivity index (χ4n) is 3.61. The molecule has 0 atom stereocenters. The highest BCUT2D eigenvalue weighted by atomic mass is 15.4. The van der Waals surface area contributed by atoms with Crippen molar-refractivity contribution in [1.82, 2.24) is 34.7 Å². The molecular weight excluding hydrogens is 338 g/mol. The Morgan fingerprint density at radius 2 is 1.78 bits per heavy atom. The lowest BCUT2D eigenvalue weighted by atomic mass is 9.92. The van der Waals surface area contributed by atoms with Crippen LogP contribution in [0.5, 0.6) is 0 Å². The lowest BCUT2D eigenvalue weighted by Crippen LogP contribution is -2.33. The topological polar surface area (TPSA) is 72.1 Å². The van der Waals surface area contributed by atoms with Gasteiger partial charge < -0.3 is 0 Å². The molecule has 0 radical (unpaired) electrons. The SMILES string of the molecule is Cc1nccnc1CN1CCC(c2nnc3ccc(C(C)(C)C)nn23)CC1. The molecule has 0 N–H and O–H groups in total. The molecule has 0 unspecified atom stereocenters. The van der Waals surface area contributed by atoms with Gasteiger partial charge in [0.05, 0.1) is 17.1 Å². The second kappa shape index (κ2) is 6.96. The Morgan fingerprint density at radius 1 is 1.04 bits per heavy atom. The van der Waals surface area contributed by atoms with Gasteiger partial charge in [0.15, 0.2) is 11.5 Å². The molecular formula is C20H27N7. The van der Waals surface area contributed by atoms with E-state index in [0.717, 1.165) is 61.0 Å². The third-order valence-corrected chi connectivity index (χ3v) is 5.36. The zero-order valence-electron chi connectivity index (χ0n) is 16.6. The summed E-state index contributed by atoms with van der Waals surface area (Å²) in [4.78, 5) is 11.3. The number of rotatable bonds is 3. The number of aromatic nitrogens is 6. The van der Waals surface area contributed by atoms with Gasteiger partial charge in [-0.15, -0.1) is 10.2 Å². The molecule has 0 aromatic carbocycles. The molecule has 0 spiro atoms. The Bertz CT molecular complexity index is 933. The van der Waals surface area contributed by atoms with E-state index in [-0.39, 0.29) is 5.41 Å². The maximum Gasteiger partial charge on any atom is 0.177 e. The number of hydrogen-bond acceptors (Lipinski definition) is 6. The maximum atomic E-state index is 4.84. The fourth-order valence-corrected chi connectivity index (χ4v) is 3.61. The van der Waals surface area contributed by atoms with Crippen LogP contribution in [0.25, 0.3) is 5.65 Å². The van der Waals surface area contributed by atoms with Crippen molar-refractivity contribution in [3.8, 4) is 0 Å². The van der Waals surface area contributed by atoms with Crippen molar-refractivity contribution in [3.05, 3.63) is 47.4 Å². The van der Waals surface area contributed by atoms with Crippen LogP contribution < -0.4 is 0 Å². The van der Waals surface area contributed by atoms with Crippen LogP contribution in [0.3, 0.4) is 0 Å². The first-order valence-electron chi connectivity index (χ1n) is 9.63. The first-order chi connectivity index (χ1) is 12.9. The summed E-state index contributed by atoms with van der Waals surface area (Å²) >= 11 is 0. The number of likely N-dealkylation sites (tertiary alicyclic amines) is 1. The van der Waals surface area contributed by atoms with Crippen molar-refractivity contribution < 1.29 is 0 Å². The number of nitrogens with zero attached hydrogens (tertiary/aromatic N) is 7. The van der Waals surface area contributed by atoms with E-state index in [0.29, 0.717) is 5.92 Å². The van der Waals surface area contributed by atoms with E-state index >= 15 is 0 Å². The Hall–Kier alpha value is -2.41. The third kappa shape index (κ3) is 3.69. The largest absolute Gasteiger partial charge is 0.297 e. The minimum absolute atomic E-state index is 0.00761. The Labute approximate surface area is 159 Å². The third-order valence-electron chi connectivity index (χ3n) is 5.36. The summed E-state index contributed by atoms with van der Waals surface area (Å²) in [6.07, 6.45) is 5.64. The molecule has 3 aromatic rings. The normalized spacial score (nSPS) is 16.9. The van der Waals surface area contributed by atoms with Crippen LogP contribution in [0.1, 0.15) is 62.4 Å². The van der Waals surface area contributed by atoms with Gasteiger partial charge in [0.25, 0.3) is 0 Å². The number of aryl methyl sites for hydroxylation is 1. The van der Waals surface area contributed by atoms with Crippen LogP contribution in [0.15, 0.2) is 24.5 Å². The van der Waals surface area contributed by atoms with E-state index in [1.54, 1.807) is 12.4 Å². The molecule has 142 valence electrons. The van der Waals surface area contributed by atoms with Crippen LogP contribution in [0.4, 0.5) is 0 Å². The van der Waals surface area contributed by atoms with Crippen molar-refractivity contribution in [1.29, 1.82) is 0 Å².